The summed E-state index contributed by atoms with van der Waals surface area (Å²) >= 11 is 0. The second-order valence-electron chi connectivity index (χ2n) is 10.5. The van der Waals surface area contributed by atoms with Crippen LogP contribution in [0.4, 0.5) is 18.0 Å². The molecule has 0 saturated heterocycles. The Morgan fingerprint density at radius 1 is 1.13 bits per heavy atom. The van der Waals surface area contributed by atoms with Crippen LogP contribution in [-0.2, 0) is 12.7 Å². The van der Waals surface area contributed by atoms with Gasteiger partial charge in [-0.3, -0.25) is 4.57 Å². The number of oxazole rings is 1. The number of amides is 1. The normalized spacial score (nSPS) is 12.3. The van der Waals surface area contributed by atoms with E-state index in [1.54, 1.807) is 36.5 Å². The Labute approximate surface area is 255 Å². The van der Waals surface area contributed by atoms with Gasteiger partial charge < -0.3 is 14.6 Å². The first-order valence-electron chi connectivity index (χ1n) is 13.9. The van der Waals surface area contributed by atoms with Crippen LogP contribution in [0, 0.1) is 18.3 Å². The molecule has 232 valence electrons. The molecule has 3 aromatic heterocycles. The van der Waals surface area contributed by atoms with Gasteiger partial charge in [-0.1, -0.05) is 13.0 Å². The fourth-order valence-electron chi connectivity index (χ4n) is 5.01. The van der Waals surface area contributed by atoms with Crippen molar-refractivity contribution in [1.29, 1.82) is 5.26 Å². The number of carbonyl (C=O) groups excluding carboxylic acids is 1. The Hall–Kier alpha value is -5.42. The largest absolute Gasteiger partial charge is 0.442 e. The smallest absolute Gasteiger partial charge is 0.416 e. The van der Waals surface area contributed by atoms with Crippen molar-refractivity contribution in [3.8, 4) is 28.8 Å². The van der Waals surface area contributed by atoms with E-state index in [0.717, 1.165) is 21.3 Å². The molecule has 5 rings (SSSR count). The third-order valence-electron chi connectivity index (χ3n) is 7.09. The van der Waals surface area contributed by atoms with Crippen molar-refractivity contribution in [2.24, 2.45) is 0 Å². The minimum Gasteiger partial charge on any atom is -0.442 e. The maximum atomic E-state index is 14.0. The molecule has 5 aromatic rings. The van der Waals surface area contributed by atoms with Crippen LogP contribution in [-0.4, -0.2) is 48.9 Å². The van der Waals surface area contributed by atoms with Crippen LogP contribution >= 0.6 is 0 Å². The van der Waals surface area contributed by atoms with E-state index in [2.05, 4.69) is 15.4 Å². The van der Waals surface area contributed by atoms with E-state index >= 15 is 0 Å². The molecular weight excluding hydrogens is 589 g/mol. The number of hydrogen-bond acceptors (Lipinski definition) is 7. The van der Waals surface area contributed by atoms with Crippen molar-refractivity contribution in [1.82, 2.24) is 34.1 Å². The van der Waals surface area contributed by atoms with Crippen LogP contribution in [0.3, 0.4) is 0 Å². The Balaban J connectivity index is 1.66. The Morgan fingerprint density at radius 2 is 1.87 bits per heavy atom. The van der Waals surface area contributed by atoms with E-state index in [1.807, 2.05) is 32.0 Å². The average molecular weight is 619 g/mol. The number of alkyl halides is 3. The average Bonchev–Trinajstić information content (AvgIpc) is 3.73. The zero-order valence-corrected chi connectivity index (χ0v) is 24.8. The van der Waals surface area contributed by atoms with Gasteiger partial charge in [-0.25, -0.2) is 23.8 Å². The fraction of sp³-hybridized carbons (Fsp3) is 0.258. The number of nitrogens with zero attached hydrogens (tertiary/aromatic N) is 7. The van der Waals surface area contributed by atoms with Crippen LogP contribution in [0.1, 0.15) is 47.9 Å². The predicted molar refractivity (Wildman–Crippen MR) is 158 cm³/mol. The molecular formula is C31H29F3N8O3. The van der Waals surface area contributed by atoms with Gasteiger partial charge in [0.2, 0.25) is 5.89 Å². The maximum Gasteiger partial charge on any atom is 0.416 e. The summed E-state index contributed by atoms with van der Waals surface area (Å²) in [6.07, 6.45) is -1.25. The summed E-state index contributed by atoms with van der Waals surface area (Å²) in [7, 11) is 3.74. The standard InChI is InChI=1S/C31H29F3N8O3/c1-5-25(28-36-17-24(45-28)18-39(3)4)38-29(43)41-27(26-13-14-37-42(26)22-11-9-20(16-35)10-12-22)19(2)40(30(41)44)23-8-6-7-21(15-23)31(32,33)34/h6-15,17,25H,5,18H2,1-4H3,(H,38,43)/t25-/m0/s1. The SMILES string of the molecule is CC[C@H](NC(=O)n1c(-c2ccnn2-c2ccc(C#N)cc2)c(C)n(-c2cccc(C(F)(F)F)c2)c1=O)c1ncc(CN(C)C)o1. The molecule has 0 radical (unpaired) electrons. The zero-order valence-electron chi connectivity index (χ0n) is 24.8. The molecule has 0 aliphatic carbocycles. The molecule has 0 saturated carbocycles. The molecule has 1 atom stereocenters. The molecule has 45 heavy (non-hydrogen) atoms. The lowest BCUT2D eigenvalue weighted by atomic mass is 10.1. The van der Waals surface area contributed by atoms with E-state index in [1.165, 1.54) is 29.9 Å². The van der Waals surface area contributed by atoms with Gasteiger partial charge in [0.15, 0.2) is 0 Å². The van der Waals surface area contributed by atoms with Gasteiger partial charge in [0.05, 0.1) is 58.9 Å². The lowest BCUT2D eigenvalue weighted by Crippen LogP contribution is -2.39. The summed E-state index contributed by atoms with van der Waals surface area (Å²) in [6.45, 7) is 3.83. The zero-order chi connectivity index (χ0) is 32.5. The van der Waals surface area contributed by atoms with Gasteiger partial charge in [0, 0.05) is 0 Å². The van der Waals surface area contributed by atoms with Crippen molar-refractivity contribution in [2.75, 3.05) is 14.1 Å². The monoisotopic (exact) mass is 618 g/mol. The molecule has 1 N–H and O–H groups in total. The lowest BCUT2D eigenvalue weighted by Gasteiger charge is -2.16. The Morgan fingerprint density at radius 3 is 2.51 bits per heavy atom. The molecule has 2 aromatic carbocycles. The molecule has 11 nitrogen and oxygen atoms in total. The number of benzene rings is 2. The quantitative estimate of drug-likeness (QED) is 0.245. The van der Waals surface area contributed by atoms with Crippen molar-refractivity contribution >= 4 is 6.03 Å². The van der Waals surface area contributed by atoms with Crippen LogP contribution in [0.5, 0.6) is 0 Å². The fourth-order valence-corrected chi connectivity index (χ4v) is 5.01. The maximum absolute atomic E-state index is 14.0. The summed E-state index contributed by atoms with van der Waals surface area (Å²) in [6, 6.07) is 12.9. The van der Waals surface area contributed by atoms with Gasteiger partial charge in [-0.05, 0) is 76.0 Å². The van der Waals surface area contributed by atoms with Gasteiger partial charge in [-0.2, -0.15) is 23.5 Å². The highest BCUT2D eigenvalue weighted by Gasteiger charge is 2.32. The number of nitriles is 1. The third kappa shape index (κ3) is 6.16. The topological polar surface area (TPSA) is 127 Å². The number of hydrogen-bond donors (Lipinski definition) is 1. The number of rotatable bonds is 8. The first kappa shape index (κ1) is 31.0. The highest BCUT2D eigenvalue weighted by atomic mass is 19.4. The number of aromatic nitrogens is 5. The van der Waals surface area contributed by atoms with Crippen molar-refractivity contribution in [3.63, 3.8) is 0 Å². The minimum absolute atomic E-state index is 0.0716. The number of imidazole rings is 1. The van der Waals surface area contributed by atoms with Gasteiger partial charge in [-0.15, -0.1) is 0 Å². The minimum atomic E-state index is -4.65. The van der Waals surface area contributed by atoms with E-state index < -0.39 is 29.5 Å². The van der Waals surface area contributed by atoms with E-state index in [9.17, 15) is 28.0 Å². The molecule has 0 unspecified atom stereocenters. The predicted octanol–water partition coefficient (Wildman–Crippen LogP) is 5.45. The number of carbonyl (C=O) groups is 1. The number of halogens is 3. The molecule has 3 heterocycles. The molecule has 0 aliphatic rings. The summed E-state index contributed by atoms with van der Waals surface area (Å²) in [5.41, 5.74) is -0.348. The van der Waals surface area contributed by atoms with Crippen molar-refractivity contribution < 1.29 is 22.4 Å². The van der Waals surface area contributed by atoms with E-state index in [-0.39, 0.29) is 23.0 Å². The first-order valence-corrected chi connectivity index (χ1v) is 13.9. The Kier molecular flexibility index (Phi) is 8.47. The van der Waals surface area contributed by atoms with E-state index in [4.69, 9.17) is 4.42 Å². The summed E-state index contributed by atoms with van der Waals surface area (Å²) < 4.78 is 50.1. The molecule has 1 amide bonds. The second kappa shape index (κ2) is 12.3. The van der Waals surface area contributed by atoms with E-state index in [0.29, 0.717) is 35.7 Å². The molecule has 0 aliphatic heterocycles. The Bertz CT molecular complexity index is 1940. The number of nitrogens with one attached hydrogen (secondary N) is 1. The van der Waals surface area contributed by atoms with Crippen LogP contribution in [0.2, 0.25) is 0 Å². The summed E-state index contributed by atoms with van der Waals surface area (Å²) in [4.78, 5) is 34.2. The van der Waals surface area contributed by atoms with Crippen molar-refractivity contribution in [2.45, 2.75) is 39.0 Å². The van der Waals surface area contributed by atoms with Gasteiger partial charge in [0.25, 0.3) is 0 Å². The van der Waals surface area contributed by atoms with Gasteiger partial charge in [0.1, 0.15) is 17.5 Å². The molecule has 0 fully saturated rings. The molecule has 14 heteroatoms. The summed E-state index contributed by atoms with van der Waals surface area (Å²) in [5.74, 6) is 0.826. The van der Waals surface area contributed by atoms with Crippen LogP contribution < -0.4 is 11.0 Å². The van der Waals surface area contributed by atoms with Crippen LogP contribution in [0.15, 0.2) is 76.2 Å². The second-order valence-corrected chi connectivity index (χ2v) is 10.5. The van der Waals surface area contributed by atoms with Crippen LogP contribution in [0.25, 0.3) is 22.8 Å². The highest BCUT2D eigenvalue weighted by Crippen LogP contribution is 2.32. The lowest BCUT2D eigenvalue weighted by molar-refractivity contribution is -0.137. The summed E-state index contributed by atoms with van der Waals surface area (Å²) in [5, 5.41) is 16.4. The third-order valence-corrected chi connectivity index (χ3v) is 7.09. The van der Waals surface area contributed by atoms with Gasteiger partial charge >= 0.3 is 17.9 Å². The first-order chi connectivity index (χ1) is 21.4. The van der Waals surface area contributed by atoms with Crippen molar-refractivity contribution in [3.05, 3.63) is 106 Å². The molecule has 0 spiro atoms. The highest BCUT2D eigenvalue weighted by molar-refractivity contribution is 5.83. The molecule has 0 bridgehead atoms.